The number of fused-ring (bicyclic) bond motifs is 6. The van der Waals surface area contributed by atoms with Gasteiger partial charge in [-0.05, 0) is 30.3 Å². The first-order valence-electron chi connectivity index (χ1n) is 12.4. The number of benzene rings is 3. The van der Waals surface area contributed by atoms with Crippen molar-refractivity contribution in [2.75, 3.05) is 0 Å². The van der Waals surface area contributed by atoms with Crippen LogP contribution in [-0.4, -0.2) is 17.9 Å². The second-order valence-electron chi connectivity index (χ2n) is 9.50. The molecule has 0 radical (unpaired) electrons. The van der Waals surface area contributed by atoms with Crippen LogP contribution < -0.4 is 14.2 Å². The molecule has 0 aromatic heterocycles. The summed E-state index contributed by atoms with van der Waals surface area (Å²) < 4.78 is 23.4. The monoisotopic (exact) mass is 520 g/mol. The van der Waals surface area contributed by atoms with Gasteiger partial charge in [0.1, 0.15) is 23.0 Å². The van der Waals surface area contributed by atoms with Crippen molar-refractivity contribution in [3.63, 3.8) is 0 Å². The number of terminal acetylenes is 2. The van der Waals surface area contributed by atoms with Gasteiger partial charge in [-0.3, -0.25) is 9.59 Å². The van der Waals surface area contributed by atoms with Crippen LogP contribution in [0.3, 0.4) is 0 Å². The zero-order valence-corrected chi connectivity index (χ0v) is 21.4. The van der Waals surface area contributed by atoms with Gasteiger partial charge >= 0.3 is 17.9 Å². The van der Waals surface area contributed by atoms with Crippen LogP contribution in [0.25, 0.3) is 0 Å². The smallest absolute Gasteiger partial charge is 0.340 e. The number of esters is 3. The summed E-state index contributed by atoms with van der Waals surface area (Å²) in [6, 6.07) is 16.9. The summed E-state index contributed by atoms with van der Waals surface area (Å²) in [5.74, 6) is 3.59. The molecule has 39 heavy (non-hydrogen) atoms. The molecule has 0 N–H and O–H groups in total. The molecule has 7 nitrogen and oxygen atoms in total. The molecule has 0 bridgehead atoms. The predicted octanol–water partition coefficient (Wildman–Crippen LogP) is 5.38. The summed E-state index contributed by atoms with van der Waals surface area (Å²) >= 11 is 0. The van der Waals surface area contributed by atoms with E-state index in [0.29, 0.717) is 33.8 Å². The zero-order chi connectivity index (χ0) is 27.7. The first-order chi connectivity index (χ1) is 18.8. The van der Waals surface area contributed by atoms with Gasteiger partial charge in [0, 0.05) is 41.7 Å². The first-order valence-corrected chi connectivity index (χ1v) is 12.4. The molecular weight excluding hydrogens is 496 g/mol. The standard InChI is InChI=1S/C32H24O7/c1-5-9-19(3)29(33)36-21-13-15-25-27(17-21)38-28-18-22(37-30(34)20(4)10-6-2)14-16-26(28)32(25)24-12-8-7-11-23(24)31(35)39-32/h1-2,7-8,11-20H,9-10H2,3-4H3. The lowest BCUT2D eigenvalue weighted by Crippen LogP contribution is -2.33. The highest BCUT2D eigenvalue weighted by Crippen LogP contribution is 2.57. The minimum absolute atomic E-state index is 0.240. The Bertz CT molecular complexity index is 1500. The first kappa shape index (κ1) is 25.6. The molecule has 2 atom stereocenters. The van der Waals surface area contributed by atoms with Gasteiger partial charge in [-0.2, -0.15) is 0 Å². The van der Waals surface area contributed by atoms with Crippen LogP contribution in [0, 0.1) is 36.5 Å². The molecule has 2 aliphatic rings. The van der Waals surface area contributed by atoms with E-state index < -0.39 is 35.3 Å². The van der Waals surface area contributed by atoms with Crippen LogP contribution in [0.4, 0.5) is 0 Å². The summed E-state index contributed by atoms with van der Waals surface area (Å²) in [6.45, 7) is 3.37. The minimum Gasteiger partial charge on any atom is -0.456 e. The Morgan fingerprint density at radius 3 is 1.85 bits per heavy atom. The van der Waals surface area contributed by atoms with Crippen molar-refractivity contribution in [1.29, 1.82) is 0 Å². The Morgan fingerprint density at radius 1 is 0.821 bits per heavy atom. The van der Waals surface area contributed by atoms with E-state index in [1.165, 1.54) is 0 Å². The molecule has 0 amide bonds. The van der Waals surface area contributed by atoms with Crippen LogP contribution in [0.15, 0.2) is 60.7 Å². The number of carbonyl (C=O) groups is 3. The Hall–Kier alpha value is -5.01. The molecule has 0 fully saturated rings. The summed E-state index contributed by atoms with van der Waals surface area (Å²) in [7, 11) is 0. The van der Waals surface area contributed by atoms with Crippen molar-refractivity contribution < 1.29 is 33.3 Å². The summed E-state index contributed by atoms with van der Waals surface area (Å²) in [5, 5.41) is 0. The van der Waals surface area contributed by atoms with Gasteiger partial charge in [0.2, 0.25) is 0 Å². The molecular formula is C32H24O7. The van der Waals surface area contributed by atoms with Gasteiger partial charge in [-0.15, -0.1) is 24.7 Å². The van der Waals surface area contributed by atoms with Gasteiger partial charge in [0.25, 0.3) is 0 Å². The summed E-state index contributed by atoms with van der Waals surface area (Å²) in [5.41, 5.74) is 0.846. The molecule has 194 valence electrons. The molecule has 1 spiro atoms. The average molecular weight is 521 g/mol. The molecule has 0 saturated carbocycles. The van der Waals surface area contributed by atoms with E-state index in [1.807, 2.05) is 12.1 Å². The fourth-order valence-corrected chi connectivity index (χ4v) is 4.72. The number of hydrogen-bond acceptors (Lipinski definition) is 7. The third-order valence-electron chi connectivity index (χ3n) is 6.75. The maximum Gasteiger partial charge on any atom is 0.340 e. The largest absolute Gasteiger partial charge is 0.456 e. The zero-order valence-electron chi connectivity index (χ0n) is 21.4. The topological polar surface area (TPSA) is 88.1 Å². The van der Waals surface area contributed by atoms with E-state index in [4.69, 9.17) is 31.8 Å². The average Bonchev–Trinajstić information content (AvgIpc) is 3.21. The van der Waals surface area contributed by atoms with Crippen molar-refractivity contribution in [2.24, 2.45) is 11.8 Å². The van der Waals surface area contributed by atoms with Gasteiger partial charge in [0.05, 0.1) is 17.4 Å². The molecule has 2 aliphatic heterocycles. The Balaban J connectivity index is 1.60. The lowest BCUT2D eigenvalue weighted by Gasteiger charge is -2.36. The third kappa shape index (κ3) is 4.39. The lowest BCUT2D eigenvalue weighted by atomic mass is 9.77. The normalized spacial score (nSPS) is 17.7. The van der Waals surface area contributed by atoms with E-state index in [9.17, 15) is 14.4 Å². The van der Waals surface area contributed by atoms with Crippen molar-refractivity contribution in [2.45, 2.75) is 32.3 Å². The number of hydrogen-bond donors (Lipinski definition) is 0. The fourth-order valence-electron chi connectivity index (χ4n) is 4.72. The molecule has 3 aromatic rings. The van der Waals surface area contributed by atoms with E-state index in [0.717, 1.165) is 0 Å². The van der Waals surface area contributed by atoms with Crippen molar-refractivity contribution in [3.8, 4) is 47.7 Å². The second kappa shape index (κ2) is 10.0. The molecule has 7 heteroatoms. The lowest BCUT2D eigenvalue weighted by molar-refractivity contribution is -0.139. The quantitative estimate of drug-likeness (QED) is 0.245. The van der Waals surface area contributed by atoms with E-state index in [-0.39, 0.29) is 24.3 Å². The van der Waals surface area contributed by atoms with Crippen LogP contribution in [0.1, 0.15) is 53.7 Å². The number of ether oxygens (including phenoxy) is 4. The highest BCUT2D eigenvalue weighted by Gasteiger charge is 2.53. The Morgan fingerprint density at radius 2 is 1.33 bits per heavy atom. The maximum atomic E-state index is 13.0. The van der Waals surface area contributed by atoms with Gasteiger partial charge in [-0.1, -0.05) is 32.0 Å². The molecule has 2 heterocycles. The summed E-state index contributed by atoms with van der Waals surface area (Å²) in [4.78, 5) is 38.0. The molecule has 5 rings (SSSR count). The van der Waals surface area contributed by atoms with Crippen molar-refractivity contribution in [1.82, 2.24) is 0 Å². The van der Waals surface area contributed by atoms with E-state index in [2.05, 4.69) is 11.8 Å². The highest BCUT2D eigenvalue weighted by atomic mass is 16.6. The summed E-state index contributed by atoms with van der Waals surface area (Å²) in [6.07, 6.45) is 11.1. The molecule has 3 aromatic carbocycles. The van der Waals surface area contributed by atoms with Crippen LogP contribution in [-0.2, 0) is 19.9 Å². The third-order valence-corrected chi connectivity index (χ3v) is 6.75. The van der Waals surface area contributed by atoms with Crippen LogP contribution >= 0.6 is 0 Å². The molecule has 0 aliphatic carbocycles. The number of carbonyl (C=O) groups excluding carboxylic acids is 3. The van der Waals surface area contributed by atoms with Crippen LogP contribution in [0.2, 0.25) is 0 Å². The molecule has 0 saturated heterocycles. The molecule has 2 unspecified atom stereocenters. The fraction of sp³-hybridized carbons (Fsp3) is 0.219. The van der Waals surface area contributed by atoms with Gasteiger partial charge in [-0.25, -0.2) is 4.79 Å². The SMILES string of the molecule is C#CCC(C)C(=O)Oc1ccc2c(c1)Oc1cc(OC(=O)C(C)CC#C)ccc1C21OC(=O)c2ccccc21. The van der Waals surface area contributed by atoms with Crippen LogP contribution in [0.5, 0.6) is 23.0 Å². The predicted molar refractivity (Wildman–Crippen MR) is 141 cm³/mol. The van der Waals surface area contributed by atoms with Crippen molar-refractivity contribution in [3.05, 3.63) is 82.9 Å². The number of rotatable bonds is 6. The minimum atomic E-state index is -1.32. The Labute approximate surface area is 226 Å². The van der Waals surface area contributed by atoms with Crippen molar-refractivity contribution >= 4 is 17.9 Å². The van der Waals surface area contributed by atoms with Gasteiger partial charge in [0.15, 0.2) is 5.60 Å². The second-order valence-corrected chi connectivity index (χ2v) is 9.50. The maximum absolute atomic E-state index is 13.0. The van der Waals surface area contributed by atoms with E-state index in [1.54, 1.807) is 62.4 Å². The Kier molecular flexibility index (Phi) is 6.60. The van der Waals surface area contributed by atoms with Gasteiger partial charge < -0.3 is 18.9 Å². The van der Waals surface area contributed by atoms with E-state index >= 15 is 0 Å². The highest BCUT2D eigenvalue weighted by molar-refractivity contribution is 5.97.